The number of ether oxygens (including phenoxy) is 3. The minimum atomic E-state index is -1.03. The molecule has 1 aromatic carbocycles. The van der Waals surface area contributed by atoms with Crippen molar-refractivity contribution >= 4 is 11.9 Å². The van der Waals surface area contributed by atoms with Gasteiger partial charge in [0.05, 0.1) is 14.2 Å². The lowest BCUT2D eigenvalue weighted by Gasteiger charge is -2.13. The molecule has 1 amide bonds. The van der Waals surface area contributed by atoms with Gasteiger partial charge in [0.15, 0.2) is 6.10 Å². The zero-order valence-electron chi connectivity index (χ0n) is 13.2. The smallest absolute Gasteiger partial charge is 0.332 e. The van der Waals surface area contributed by atoms with Crippen molar-refractivity contribution in [1.82, 2.24) is 5.32 Å². The molecule has 1 heterocycles. The van der Waals surface area contributed by atoms with Gasteiger partial charge in [-0.2, -0.15) is 0 Å². The van der Waals surface area contributed by atoms with E-state index in [1.165, 1.54) is 0 Å². The molecule has 0 spiro atoms. The normalized spacial score (nSPS) is 20.1. The number of carbonyl (C=O) groups is 2. The molecule has 126 valence electrons. The molecular weight excluding hydrogens is 302 g/mol. The van der Waals surface area contributed by atoms with Gasteiger partial charge in [-0.05, 0) is 43.0 Å². The van der Waals surface area contributed by atoms with Crippen molar-refractivity contribution in [3.05, 3.63) is 23.8 Å². The molecule has 2 N–H and O–H groups in total. The van der Waals surface area contributed by atoms with Crippen LogP contribution in [-0.2, 0) is 20.7 Å². The molecule has 7 heteroatoms. The lowest BCUT2D eigenvalue weighted by atomic mass is 10.1. The van der Waals surface area contributed by atoms with Crippen LogP contribution in [0.1, 0.15) is 18.4 Å². The number of aliphatic carboxylic acids is 1. The van der Waals surface area contributed by atoms with E-state index in [0.717, 1.165) is 17.1 Å². The maximum atomic E-state index is 12.0. The average Bonchev–Trinajstić information content (AvgIpc) is 3.05. The Bertz CT molecular complexity index is 574. The Hall–Kier alpha value is -2.28. The van der Waals surface area contributed by atoms with E-state index in [2.05, 4.69) is 5.32 Å². The molecule has 1 aliphatic heterocycles. The van der Waals surface area contributed by atoms with Crippen LogP contribution in [0.5, 0.6) is 11.5 Å². The first-order valence-corrected chi connectivity index (χ1v) is 7.42. The monoisotopic (exact) mass is 323 g/mol. The van der Waals surface area contributed by atoms with Gasteiger partial charge in [-0.3, -0.25) is 4.79 Å². The van der Waals surface area contributed by atoms with Crippen LogP contribution < -0.4 is 14.8 Å². The lowest BCUT2D eigenvalue weighted by Crippen LogP contribution is -2.36. The van der Waals surface area contributed by atoms with Crippen LogP contribution in [-0.4, -0.2) is 50.0 Å². The van der Waals surface area contributed by atoms with Crippen molar-refractivity contribution < 1.29 is 28.9 Å². The highest BCUT2D eigenvalue weighted by Crippen LogP contribution is 2.24. The lowest BCUT2D eigenvalue weighted by molar-refractivity contribution is -0.151. The first kappa shape index (κ1) is 17.1. The molecule has 23 heavy (non-hydrogen) atoms. The molecule has 2 rings (SSSR count). The van der Waals surface area contributed by atoms with E-state index in [1.54, 1.807) is 20.3 Å². The predicted molar refractivity (Wildman–Crippen MR) is 81.8 cm³/mol. The van der Waals surface area contributed by atoms with Crippen LogP contribution in [0.2, 0.25) is 0 Å². The minimum Gasteiger partial charge on any atom is -0.497 e. The number of rotatable bonds is 7. The average molecular weight is 323 g/mol. The molecule has 0 unspecified atom stereocenters. The third-order valence-corrected chi connectivity index (χ3v) is 3.77. The number of carbonyl (C=O) groups excluding carboxylic acids is 1. The van der Waals surface area contributed by atoms with Gasteiger partial charge in [-0.15, -0.1) is 0 Å². The highest BCUT2D eigenvalue weighted by molar-refractivity contribution is 5.82. The van der Waals surface area contributed by atoms with Gasteiger partial charge in [-0.1, -0.05) is 0 Å². The summed E-state index contributed by atoms with van der Waals surface area (Å²) in [5.74, 6) is 0.135. The van der Waals surface area contributed by atoms with Crippen molar-refractivity contribution in [3.8, 4) is 11.5 Å². The Kier molecular flexibility index (Phi) is 5.81. The fraction of sp³-hybridized carbons (Fsp3) is 0.500. The Morgan fingerprint density at radius 3 is 2.61 bits per heavy atom. The van der Waals surface area contributed by atoms with E-state index in [-0.39, 0.29) is 5.91 Å². The van der Waals surface area contributed by atoms with Crippen LogP contribution >= 0.6 is 0 Å². The molecule has 0 saturated carbocycles. The molecule has 1 aromatic rings. The number of amides is 1. The van der Waals surface area contributed by atoms with Gasteiger partial charge >= 0.3 is 5.97 Å². The van der Waals surface area contributed by atoms with E-state index >= 15 is 0 Å². The molecule has 0 aromatic heterocycles. The molecule has 1 saturated heterocycles. The summed E-state index contributed by atoms with van der Waals surface area (Å²) in [6, 6.07) is 5.48. The SMILES string of the molecule is COc1ccc(OC)c(CCNC(=O)[C@@H]2CC[C@H](C(=O)O)O2)c1. The summed E-state index contributed by atoms with van der Waals surface area (Å²) in [6.45, 7) is 0.403. The molecule has 1 aliphatic rings. The maximum absolute atomic E-state index is 12.0. The number of hydrogen-bond acceptors (Lipinski definition) is 5. The van der Waals surface area contributed by atoms with E-state index in [0.29, 0.717) is 25.8 Å². The first-order chi connectivity index (χ1) is 11.0. The zero-order valence-corrected chi connectivity index (χ0v) is 13.2. The second-order valence-electron chi connectivity index (χ2n) is 5.25. The Balaban J connectivity index is 1.85. The molecule has 7 nitrogen and oxygen atoms in total. The molecule has 0 aliphatic carbocycles. The van der Waals surface area contributed by atoms with Crippen LogP contribution in [0.4, 0.5) is 0 Å². The fourth-order valence-corrected chi connectivity index (χ4v) is 2.52. The van der Waals surface area contributed by atoms with Crippen molar-refractivity contribution in [3.63, 3.8) is 0 Å². The Morgan fingerprint density at radius 2 is 2.00 bits per heavy atom. The summed E-state index contributed by atoms with van der Waals surface area (Å²) in [4.78, 5) is 22.8. The zero-order chi connectivity index (χ0) is 16.8. The Labute approximate surface area is 134 Å². The number of carboxylic acid groups (broad SMARTS) is 1. The fourth-order valence-electron chi connectivity index (χ4n) is 2.52. The van der Waals surface area contributed by atoms with Crippen LogP contribution in [0, 0.1) is 0 Å². The second kappa shape index (κ2) is 7.82. The van der Waals surface area contributed by atoms with Crippen LogP contribution in [0.25, 0.3) is 0 Å². The van der Waals surface area contributed by atoms with E-state index in [4.69, 9.17) is 19.3 Å². The topological polar surface area (TPSA) is 94.1 Å². The van der Waals surface area contributed by atoms with Gasteiger partial charge in [0, 0.05) is 6.54 Å². The van der Waals surface area contributed by atoms with Gasteiger partial charge in [0.1, 0.15) is 17.6 Å². The third kappa shape index (κ3) is 4.35. The van der Waals surface area contributed by atoms with Gasteiger partial charge in [0.25, 0.3) is 0 Å². The molecule has 0 radical (unpaired) electrons. The number of benzene rings is 1. The van der Waals surface area contributed by atoms with Gasteiger partial charge < -0.3 is 24.6 Å². The van der Waals surface area contributed by atoms with Gasteiger partial charge in [-0.25, -0.2) is 4.79 Å². The number of carboxylic acids is 1. The summed E-state index contributed by atoms with van der Waals surface area (Å²) < 4.78 is 15.7. The van der Waals surface area contributed by atoms with Crippen molar-refractivity contribution in [1.29, 1.82) is 0 Å². The number of hydrogen-bond donors (Lipinski definition) is 2. The van der Waals surface area contributed by atoms with Crippen molar-refractivity contribution in [2.24, 2.45) is 0 Å². The van der Waals surface area contributed by atoms with Crippen LogP contribution in [0.3, 0.4) is 0 Å². The van der Waals surface area contributed by atoms with E-state index in [1.807, 2.05) is 12.1 Å². The van der Waals surface area contributed by atoms with Gasteiger partial charge in [0.2, 0.25) is 5.91 Å². The predicted octanol–water partition coefficient (Wildman–Crippen LogP) is 0.995. The second-order valence-corrected chi connectivity index (χ2v) is 5.25. The molecule has 1 fully saturated rings. The Morgan fingerprint density at radius 1 is 1.26 bits per heavy atom. The van der Waals surface area contributed by atoms with E-state index in [9.17, 15) is 9.59 Å². The van der Waals surface area contributed by atoms with Crippen LogP contribution in [0.15, 0.2) is 18.2 Å². The highest BCUT2D eigenvalue weighted by atomic mass is 16.5. The van der Waals surface area contributed by atoms with Crippen molar-refractivity contribution in [2.45, 2.75) is 31.5 Å². The third-order valence-electron chi connectivity index (χ3n) is 3.77. The summed E-state index contributed by atoms with van der Waals surface area (Å²) in [5.41, 5.74) is 0.919. The summed E-state index contributed by atoms with van der Waals surface area (Å²) in [6.07, 6.45) is -0.226. The maximum Gasteiger partial charge on any atom is 0.332 e. The molecule has 2 atom stereocenters. The quantitative estimate of drug-likeness (QED) is 0.777. The number of nitrogens with one attached hydrogen (secondary N) is 1. The first-order valence-electron chi connectivity index (χ1n) is 7.42. The largest absolute Gasteiger partial charge is 0.497 e. The van der Waals surface area contributed by atoms with Crippen molar-refractivity contribution in [2.75, 3.05) is 20.8 Å². The minimum absolute atomic E-state index is 0.282. The standard InChI is InChI=1S/C16H21NO6/c1-21-11-3-4-12(22-2)10(9-11)7-8-17-15(18)13-5-6-14(23-13)16(19)20/h3-4,9,13-14H,5-8H2,1-2H3,(H,17,18)(H,19,20)/t13-,14+/m0/s1. The highest BCUT2D eigenvalue weighted by Gasteiger charge is 2.34. The molecule has 0 bridgehead atoms. The molecular formula is C16H21NO6. The van der Waals surface area contributed by atoms with E-state index < -0.39 is 18.2 Å². The summed E-state index contributed by atoms with van der Waals surface area (Å²) >= 11 is 0. The summed E-state index contributed by atoms with van der Waals surface area (Å²) in [5, 5.41) is 11.6. The summed E-state index contributed by atoms with van der Waals surface area (Å²) in [7, 11) is 3.17. The number of methoxy groups -OCH3 is 2.